The molecule has 0 bridgehead atoms. The number of halogens is 1. The summed E-state index contributed by atoms with van der Waals surface area (Å²) in [6.07, 6.45) is 0.240. The number of benzene rings is 1. The fourth-order valence-corrected chi connectivity index (χ4v) is 3.62. The van der Waals surface area contributed by atoms with Crippen LogP contribution in [0, 0.1) is 19.8 Å². The molecule has 2 aromatic rings. The van der Waals surface area contributed by atoms with Crippen molar-refractivity contribution in [2.24, 2.45) is 5.92 Å². The summed E-state index contributed by atoms with van der Waals surface area (Å²) < 4.78 is 7.52. The summed E-state index contributed by atoms with van der Waals surface area (Å²) >= 11 is 6.29. The van der Waals surface area contributed by atoms with Crippen molar-refractivity contribution >= 4 is 29.1 Å². The number of aryl methyl sites for hydroxylation is 1. The smallest absolute Gasteiger partial charge is 0.260 e. The summed E-state index contributed by atoms with van der Waals surface area (Å²) in [5.74, 6) is 0.644. The number of carbonyl (C=O) groups excluding carboxylic acids is 2. The fraction of sp³-hybridized carbons (Fsp3) is 0.522. The van der Waals surface area contributed by atoms with Crippen LogP contribution in [0.5, 0.6) is 5.75 Å². The van der Waals surface area contributed by atoms with Crippen molar-refractivity contribution in [2.75, 3.05) is 25.0 Å². The Morgan fingerprint density at radius 1 is 1.23 bits per heavy atom. The maximum Gasteiger partial charge on any atom is 0.260 e. The van der Waals surface area contributed by atoms with Crippen LogP contribution in [0.3, 0.4) is 0 Å². The zero-order valence-electron chi connectivity index (χ0n) is 19.3. The van der Waals surface area contributed by atoms with E-state index in [9.17, 15) is 9.59 Å². The number of rotatable bonds is 10. The third-order valence-electron chi connectivity index (χ3n) is 5.09. The van der Waals surface area contributed by atoms with Gasteiger partial charge in [0.1, 0.15) is 5.75 Å². The molecule has 0 aliphatic rings. The lowest BCUT2D eigenvalue weighted by Crippen LogP contribution is -2.34. The maximum absolute atomic E-state index is 12.6. The van der Waals surface area contributed by atoms with Crippen molar-refractivity contribution in [1.29, 1.82) is 0 Å². The zero-order valence-corrected chi connectivity index (χ0v) is 20.0. The second-order valence-electron chi connectivity index (χ2n) is 7.95. The molecule has 1 N–H and O–H groups in total. The first-order valence-corrected chi connectivity index (χ1v) is 11.1. The minimum absolute atomic E-state index is 0.0774. The number of likely N-dealkylation sites (N-methyl/N-ethyl adjacent to an activating group) is 1. The monoisotopic (exact) mass is 448 g/mol. The van der Waals surface area contributed by atoms with Gasteiger partial charge in [0.25, 0.3) is 5.91 Å². The molecule has 0 radical (unpaired) electrons. The first kappa shape index (κ1) is 24.7. The Hall–Kier alpha value is -2.54. The molecule has 0 fully saturated rings. The average Bonchev–Trinajstić information content (AvgIpc) is 2.95. The number of nitrogens with zero attached hydrogens (tertiary/aromatic N) is 3. The third kappa shape index (κ3) is 6.72. The first-order chi connectivity index (χ1) is 14.7. The van der Waals surface area contributed by atoms with E-state index < -0.39 is 0 Å². The van der Waals surface area contributed by atoms with E-state index in [-0.39, 0.29) is 24.8 Å². The van der Waals surface area contributed by atoms with Crippen LogP contribution in [0.4, 0.5) is 5.69 Å². The number of nitrogens with one attached hydrogen (secondary N) is 1. The molecule has 0 saturated carbocycles. The summed E-state index contributed by atoms with van der Waals surface area (Å²) in [5.41, 5.74) is 3.40. The summed E-state index contributed by atoms with van der Waals surface area (Å²) in [4.78, 5) is 26.4. The largest absolute Gasteiger partial charge is 0.482 e. The van der Waals surface area contributed by atoms with E-state index in [0.717, 1.165) is 23.5 Å². The molecule has 0 spiro atoms. The van der Waals surface area contributed by atoms with E-state index in [2.05, 4.69) is 24.3 Å². The average molecular weight is 449 g/mol. The molecule has 1 heterocycles. The van der Waals surface area contributed by atoms with E-state index in [4.69, 9.17) is 16.3 Å². The highest BCUT2D eigenvalue weighted by Gasteiger charge is 2.16. The molecular formula is C23H33ClN4O3. The van der Waals surface area contributed by atoms with Crippen LogP contribution in [0.2, 0.25) is 5.02 Å². The standard InChI is InChI=1S/C23H33ClN4O3/c1-7-27(8-2)23(30)14-31-21-10-9-18(11-20(21)24)25-22(29)12-19-16(5)26-28(17(19)6)13-15(3)4/h9-11,15H,7-8,12-14H2,1-6H3,(H,25,29). The molecule has 2 rings (SSSR count). The lowest BCUT2D eigenvalue weighted by atomic mass is 10.1. The van der Waals surface area contributed by atoms with E-state index in [1.807, 2.05) is 32.4 Å². The molecular weight excluding hydrogens is 416 g/mol. The quantitative estimate of drug-likeness (QED) is 0.589. The second-order valence-corrected chi connectivity index (χ2v) is 8.36. The molecule has 0 unspecified atom stereocenters. The Morgan fingerprint density at radius 2 is 1.90 bits per heavy atom. The normalized spacial score (nSPS) is 11.0. The minimum Gasteiger partial charge on any atom is -0.482 e. The van der Waals surface area contributed by atoms with Crippen LogP contribution in [0.15, 0.2) is 18.2 Å². The van der Waals surface area contributed by atoms with Crippen molar-refractivity contribution in [3.05, 3.63) is 40.2 Å². The van der Waals surface area contributed by atoms with Crippen molar-refractivity contribution in [3.63, 3.8) is 0 Å². The van der Waals surface area contributed by atoms with E-state index >= 15 is 0 Å². The molecule has 170 valence electrons. The number of hydrogen-bond donors (Lipinski definition) is 1. The summed E-state index contributed by atoms with van der Waals surface area (Å²) in [6.45, 7) is 14.0. The third-order valence-corrected chi connectivity index (χ3v) is 5.39. The molecule has 8 heteroatoms. The predicted octanol–water partition coefficient (Wildman–Crippen LogP) is 4.24. The Bertz CT molecular complexity index is 920. The molecule has 0 atom stereocenters. The first-order valence-electron chi connectivity index (χ1n) is 10.7. The van der Waals surface area contributed by atoms with Crippen molar-refractivity contribution in [1.82, 2.24) is 14.7 Å². The van der Waals surface area contributed by atoms with Gasteiger partial charge in [-0.3, -0.25) is 14.3 Å². The van der Waals surface area contributed by atoms with Gasteiger partial charge in [0.2, 0.25) is 5.91 Å². The van der Waals surface area contributed by atoms with Gasteiger partial charge in [-0.25, -0.2) is 0 Å². The lowest BCUT2D eigenvalue weighted by Gasteiger charge is -2.19. The van der Waals surface area contributed by atoms with E-state index in [0.29, 0.717) is 35.5 Å². The Balaban J connectivity index is 1.99. The van der Waals surface area contributed by atoms with Crippen LogP contribution < -0.4 is 10.1 Å². The lowest BCUT2D eigenvalue weighted by molar-refractivity contribution is -0.133. The Labute approximate surface area is 189 Å². The highest BCUT2D eigenvalue weighted by atomic mass is 35.5. The van der Waals surface area contributed by atoms with Crippen LogP contribution in [-0.4, -0.2) is 46.2 Å². The topological polar surface area (TPSA) is 76.5 Å². The van der Waals surface area contributed by atoms with Crippen molar-refractivity contribution in [3.8, 4) is 5.75 Å². The Kier molecular flexibility index (Phi) is 8.92. The van der Waals surface area contributed by atoms with E-state index in [1.54, 1.807) is 23.1 Å². The molecule has 2 amide bonds. The van der Waals surface area contributed by atoms with Gasteiger partial charge >= 0.3 is 0 Å². The number of carbonyl (C=O) groups is 2. The zero-order chi connectivity index (χ0) is 23.1. The maximum atomic E-state index is 12.6. The molecule has 1 aromatic heterocycles. The number of hydrogen-bond acceptors (Lipinski definition) is 4. The van der Waals surface area contributed by atoms with E-state index in [1.165, 1.54) is 0 Å². The number of amides is 2. The molecule has 31 heavy (non-hydrogen) atoms. The van der Waals surface area contributed by atoms with Gasteiger partial charge in [-0.1, -0.05) is 25.4 Å². The van der Waals surface area contributed by atoms with Gasteiger partial charge in [0, 0.05) is 36.6 Å². The summed E-state index contributed by atoms with van der Waals surface area (Å²) in [7, 11) is 0. The van der Waals surface area contributed by atoms with Crippen molar-refractivity contribution < 1.29 is 14.3 Å². The van der Waals surface area contributed by atoms with Gasteiger partial charge in [-0.15, -0.1) is 0 Å². The highest BCUT2D eigenvalue weighted by Crippen LogP contribution is 2.28. The van der Waals surface area contributed by atoms with Gasteiger partial charge < -0.3 is 15.0 Å². The van der Waals surface area contributed by atoms with Crippen LogP contribution in [0.25, 0.3) is 0 Å². The number of anilines is 1. The van der Waals surface area contributed by atoms with Gasteiger partial charge in [-0.2, -0.15) is 5.10 Å². The van der Waals surface area contributed by atoms with Gasteiger partial charge in [0.15, 0.2) is 6.61 Å². The fourth-order valence-electron chi connectivity index (χ4n) is 3.38. The summed E-state index contributed by atoms with van der Waals surface area (Å²) in [6, 6.07) is 4.99. The number of ether oxygens (including phenoxy) is 1. The summed E-state index contributed by atoms with van der Waals surface area (Å²) in [5, 5.41) is 7.77. The van der Waals surface area contributed by atoms with Crippen LogP contribution >= 0.6 is 11.6 Å². The van der Waals surface area contributed by atoms with Crippen LogP contribution in [-0.2, 0) is 22.6 Å². The molecule has 0 aliphatic heterocycles. The second kappa shape index (κ2) is 11.2. The van der Waals surface area contributed by atoms with Crippen molar-refractivity contribution in [2.45, 2.75) is 54.5 Å². The van der Waals surface area contributed by atoms with Crippen LogP contribution in [0.1, 0.15) is 44.6 Å². The Morgan fingerprint density at radius 3 is 2.48 bits per heavy atom. The predicted molar refractivity (Wildman–Crippen MR) is 124 cm³/mol. The molecule has 0 aliphatic carbocycles. The minimum atomic E-state index is -0.142. The molecule has 1 aromatic carbocycles. The number of aromatic nitrogens is 2. The SMILES string of the molecule is CCN(CC)C(=O)COc1ccc(NC(=O)Cc2c(C)nn(CC(C)C)c2C)cc1Cl. The highest BCUT2D eigenvalue weighted by molar-refractivity contribution is 6.32. The molecule has 0 saturated heterocycles. The molecule has 7 nitrogen and oxygen atoms in total. The van der Waals surface area contributed by atoms with Gasteiger partial charge in [0.05, 0.1) is 17.1 Å². The van der Waals surface area contributed by atoms with Gasteiger partial charge in [-0.05, 0) is 51.8 Å².